The van der Waals surface area contributed by atoms with Gasteiger partial charge < -0.3 is 18.1 Å². The molecule has 0 aliphatic rings. The highest BCUT2D eigenvalue weighted by Crippen LogP contribution is 2.18. The fourth-order valence-electron chi connectivity index (χ4n) is 2.38. The minimum Gasteiger partial charge on any atom is -0.415 e. The Hall–Kier alpha value is -0.779. The fourth-order valence-corrected chi connectivity index (χ4v) is 5.19. The van der Waals surface area contributed by atoms with Gasteiger partial charge in [0, 0.05) is 0 Å². The molecule has 0 aliphatic heterocycles. The largest absolute Gasteiger partial charge is 0.415 e. The van der Waals surface area contributed by atoms with Gasteiger partial charge in [-0.25, -0.2) is 0 Å². The maximum absolute atomic E-state index is 6.44. The molecule has 2 atom stereocenters. The summed E-state index contributed by atoms with van der Waals surface area (Å²) in [6, 6.07) is 10.0. The maximum atomic E-state index is 6.44. The van der Waals surface area contributed by atoms with Crippen LogP contribution < -0.4 is 0 Å². The lowest BCUT2D eigenvalue weighted by Gasteiger charge is -2.35. The molecule has 5 nitrogen and oxygen atoms in total. The van der Waals surface area contributed by atoms with Crippen molar-refractivity contribution in [3.05, 3.63) is 35.9 Å². The third-order valence-corrected chi connectivity index (χ3v) is 6.42. The van der Waals surface area contributed by atoms with Crippen molar-refractivity contribution in [3.63, 3.8) is 0 Å². The third kappa shape index (κ3) is 12.6. The zero-order valence-electron chi connectivity index (χ0n) is 19.1. The molecule has 0 amide bonds. The van der Waals surface area contributed by atoms with E-state index in [0.29, 0.717) is 13.2 Å². The molecular weight excluding hydrogens is 402 g/mol. The highest BCUT2D eigenvalue weighted by atomic mass is 28.4. The average molecular weight is 442 g/mol. The molecule has 0 fully saturated rings. The summed E-state index contributed by atoms with van der Waals surface area (Å²) in [7, 11) is -5.27. The van der Waals surface area contributed by atoms with Gasteiger partial charge in [0.25, 0.3) is 0 Å². The van der Waals surface area contributed by atoms with Gasteiger partial charge in [0.05, 0.1) is 18.9 Å². The summed E-state index contributed by atoms with van der Waals surface area (Å²) in [5.41, 5.74) is 1.08. The summed E-state index contributed by atoms with van der Waals surface area (Å²) in [4.78, 5) is 5.52. The topological polar surface area (TPSA) is 49.3 Å². The standard InChI is InChI=1S/C20H39NO4Si3/c1-26(2,3)23-17-20(25-28(7,8)9)19(24-27(4,5)6)15-21-22-16-18-13-11-10-12-14-18/h10-15,19-20H,16-17H2,1-9H3. The van der Waals surface area contributed by atoms with Gasteiger partial charge >= 0.3 is 0 Å². The first-order valence-corrected chi connectivity index (χ1v) is 20.2. The lowest BCUT2D eigenvalue weighted by atomic mass is 10.2. The van der Waals surface area contributed by atoms with Crippen LogP contribution in [-0.2, 0) is 24.7 Å². The number of oxime groups is 1. The van der Waals surface area contributed by atoms with Crippen molar-refractivity contribution < 1.29 is 18.1 Å². The molecule has 0 radical (unpaired) electrons. The first kappa shape index (κ1) is 25.3. The van der Waals surface area contributed by atoms with E-state index in [1.807, 2.05) is 30.3 Å². The van der Waals surface area contributed by atoms with E-state index in [0.717, 1.165) is 5.56 Å². The van der Waals surface area contributed by atoms with E-state index in [2.05, 4.69) is 64.1 Å². The summed E-state index contributed by atoms with van der Waals surface area (Å²) in [6.45, 7) is 20.6. The van der Waals surface area contributed by atoms with Crippen LogP contribution in [0.2, 0.25) is 58.9 Å². The van der Waals surface area contributed by atoms with Crippen LogP contribution in [0.4, 0.5) is 0 Å². The molecule has 2 unspecified atom stereocenters. The average Bonchev–Trinajstić information content (AvgIpc) is 2.52. The van der Waals surface area contributed by atoms with Crippen LogP contribution in [0, 0.1) is 0 Å². The zero-order chi connectivity index (χ0) is 21.4. The molecule has 8 heteroatoms. The molecule has 160 valence electrons. The van der Waals surface area contributed by atoms with Gasteiger partial charge in [-0.1, -0.05) is 35.5 Å². The molecule has 0 saturated carbocycles. The normalized spacial score (nSPS) is 15.6. The number of rotatable bonds is 12. The summed E-state index contributed by atoms with van der Waals surface area (Å²) >= 11 is 0. The van der Waals surface area contributed by atoms with Crippen LogP contribution in [0.3, 0.4) is 0 Å². The molecule has 1 aromatic rings. The van der Waals surface area contributed by atoms with E-state index in [-0.39, 0.29) is 12.2 Å². The smallest absolute Gasteiger partial charge is 0.184 e. The Morgan fingerprint density at radius 3 is 1.89 bits per heavy atom. The summed E-state index contributed by atoms with van der Waals surface area (Å²) < 4.78 is 19.0. The van der Waals surface area contributed by atoms with E-state index in [1.54, 1.807) is 6.21 Å². The quantitative estimate of drug-likeness (QED) is 0.245. The van der Waals surface area contributed by atoms with Gasteiger partial charge in [-0.05, 0) is 64.5 Å². The Balaban J connectivity index is 2.89. The van der Waals surface area contributed by atoms with Crippen LogP contribution in [0.5, 0.6) is 0 Å². The second kappa shape index (κ2) is 10.8. The van der Waals surface area contributed by atoms with Crippen molar-refractivity contribution in [3.8, 4) is 0 Å². The van der Waals surface area contributed by atoms with Crippen LogP contribution >= 0.6 is 0 Å². The van der Waals surface area contributed by atoms with Crippen molar-refractivity contribution in [1.29, 1.82) is 0 Å². The SMILES string of the molecule is C[Si](C)(C)OCC(O[Si](C)(C)C)C(C=NOCc1ccccc1)O[Si](C)(C)C. The number of nitrogens with zero attached hydrogens (tertiary/aromatic N) is 1. The van der Waals surface area contributed by atoms with E-state index < -0.39 is 25.0 Å². The molecule has 0 saturated heterocycles. The van der Waals surface area contributed by atoms with Crippen LogP contribution in [-0.4, -0.2) is 50.0 Å². The first-order chi connectivity index (χ1) is 12.8. The van der Waals surface area contributed by atoms with Gasteiger partial charge in [-0.2, -0.15) is 0 Å². The minimum atomic E-state index is -1.81. The Kier molecular flexibility index (Phi) is 9.78. The van der Waals surface area contributed by atoms with Crippen molar-refractivity contribution >= 4 is 31.2 Å². The van der Waals surface area contributed by atoms with Crippen molar-refractivity contribution in [2.24, 2.45) is 5.16 Å². The fraction of sp³-hybridized carbons (Fsp3) is 0.650. The van der Waals surface area contributed by atoms with Crippen molar-refractivity contribution in [2.75, 3.05) is 6.61 Å². The van der Waals surface area contributed by atoms with Crippen LogP contribution in [0.1, 0.15) is 5.56 Å². The summed E-state index contributed by atoms with van der Waals surface area (Å²) in [5, 5.41) is 4.21. The Bertz CT molecular complexity index is 592. The predicted molar refractivity (Wildman–Crippen MR) is 125 cm³/mol. The van der Waals surface area contributed by atoms with Crippen molar-refractivity contribution in [1.82, 2.24) is 0 Å². The molecule has 0 heterocycles. The van der Waals surface area contributed by atoms with Crippen LogP contribution in [0.25, 0.3) is 0 Å². The molecule has 0 aromatic heterocycles. The monoisotopic (exact) mass is 441 g/mol. The molecule has 0 N–H and O–H groups in total. The minimum absolute atomic E-state index is 0.186. The van der Waals surface area contributed by atoms with Gasteiger partial charge in [0.1, 0.15) is 12.7 Å². The number of hydrogen-bond donors (Lipinski definition) is 0. The molecular formula is C20H39NO4Si3. The lowest BCUT2D eigenvalue weighted by molar-refractivity contribution is 0.0430. The van der Waals surface area contributed by atoms with E-state index in [1.165, 1.54) is 0 Å². The second-order valence-corrected chi connectivity index (χ2v) is 23.3. The van der Waals surface area contributed by atoms with Crippen LogP contribution in [0.15, 0.2) is 35.5 Å². The Morgan fingerprint density at radius 1 is 0.821 bits per heavy atom. The van der Waals surface area contributed by atoms with Gasteiger partial charge in [-0.3, -0.25) is 0 Å². The first-order valence-electron chi connectivity index (χ1n) is 9.94. The number of hydrogen-bond acceptors (Lipinski definition) is 5. The Labute approximate surface area is 174 Å². The lowest BCUT2D eigenvalue weighted by Crippen LogP contribution is -2.48. The predicted octanol–water partition coefficient (Wildman–Crippen LogP) is 5.48. The highest BCUT2D eigenvalue weighted by Gasteiger charge is 2.33. The molecule has 0 bridgehead atoms. The van der Waals surface area contributed by atoms with E-state index >= 15 is 0 Å². The van der Waals surface area contributed by atoms with Gasteiger partial charge in [0.15, 0.2) is 25.0 Å². The van der Waals surface area contributed by atoms with Gasteiger partial charge in [-0.15, -0.1) is 0 Å². The van der Waals surface area contributed by atoms with Gasteiger partial charge in [0.2, 0.25) is 0 Å². The molecule has 28 heavy (non-hydrogen) atoms. The van der Waals surface area contributed by atoms with E-state index in [9.17, 15) is 0 Å². The highest BCUT2D eigenvalue weighted by molar-refractivity contribution is 6.70. The van der Waals surface area contributed by atoms with Crippen molar-refractivity contribution in [2.45, 2.75) is 77.7 Å². The van der Waals surface area contributed by atoms with E-state index in [4.69, 9.17) is 18.1 Å². The molecule has 0 spiro atoms. The number of benzene rings is 1. The Morgan fingerprint density at radius 2 is 1.39 bits per heavy atom. The molecule has 1 aromatic carbocycles. The maximum Gasteiger partial charge on any atom is 0.184 e. The second-order valence-electron chi connectivity index (χ2n) is 9.90. The molecule has 1 rings (SSSR count). The molecule has 0 aliphatic carbocycles. The summed E-state index contributed by atoms with van der Waals surface area (Å²) in [6.07, 6.45) is 1.28. The zero-order valence-corrected chi connectivity index (χ0v) is 22.1. The summed E-state index contributed by atoms with van der Waals surface area (Å²) in [5.74, 6) is 0. The third-order valence-electron chi connectivity index (χ3n) is 3.40.